The summed E-state index contributed by atoms with van der Waals surface area (Å²) in [5.74, 6) is -0.519. The van der Waals surface area contributed by atoms with Crippen molar-refractivity contribution in [1.29, 1.82) is 0 Å². The van der Waals surface area contributed by atoms with Crippen LogP contribution in [0.3, 0.4) is 0 Å². The van der Waals surface area contributed by atoms with Gasteiger partial charge in [0, 0.05) is 27.9 Å². The van der Waals surface area contributed by atoms with Crippen molar-refractivity contribution in [3.8, 4) is 0 Å². The minimum atomic E-state index is -3.81. The van der Waals surface area contributed by atoms with Crippen molar-refractivity contribution in [2.24, 2.45) is 5.14 Å². The zero-order valence-electron chi connectivity index (χ0n) is 16.8. The van der Waals surface area contributed by atoms with Gasteiger partial charge in [-0.1, -0.05) is 12.1 Å². The maximum Gasteiger partial charge on any atom is 0.270 e. The number of amides is 1. The Balaban J connectivity index is 1.84. The van der Waals surface area contributed by atoms with Gasteiger partial charge in [-0.05, 0) is 77.0 Å². The number of nitrogens with two attached hydrogens (primary N) is 1. The van der Waals surface area contributed by atoms with Crippen LogP contribution in [0, 0.1) is 20.6 Å². The zero-order valence-corrected chi connectivity index (χ0v) is 19.8. The average Bonchev–Trinajstić information content (AvgIpc) is 2.73. The summed E-state index contributed by atoms with van der Waals surface area (Å²) in [4.78, 5) is 23.5. The van der Waals surface area contributed by atoms with E-state index < -0.39 is 20.9 Å². The number of hydrogen-bond acceptors (Lipinski definition) is 6. The van der Waals surface area contributed by atoms with E-state index in [1.807, 2.05) is 25.1 Å². The Morgan fingerprint density at radius 1 is 1.06 bits per heavy atom. The number of halogens is 1. The third kappa shape index (κ3) is 5.81. The first kappa shape index (κ1) is 23.6. The molecule has 0 fully saturated rings. The van der Waals surface area contributed by atoms with Gasteiger partial charge in [0.1, 0.15) is 0 Å². The lowest BCUT2D eigenvalue weighted by molar-refractivity contribution is -0.384. The molecule has 0 saturated heterocycles. The molecule has 166 valence electrons. The lowest BCUT2D eigenvalue weighted by Crippen LogP contribution is -2.24. The molecule has 32 heavy (non-hydrogen) atoms. The molecule has 3 rings (SSSR count). The van der Waals surface area contributed by atoms with E-state index in [2.05, 4.69) is 33.2 Å². The normalized spacial score (nSPS) is 11.1. The second-order valence-corrected chi connectivity index (χ2v) is 9.75. The summed E-state index contributed by atoms with van der Waals surface area (Å²) in [5, 5.41) is 22.2. The number of carbonyl (C=O) groups is 1. The van der Waals surface area contributed by atoms with E-state index in [1.54, 1.807) is 0 Å². The van der Waals surface area contributed by atoms with Gasteiger partial charge in [0.15, 0.2) is 0 Å². The van der Waals surface area contributed by atoms with Gasteiger partial charge in [-0.2, -0.15) is 0 Å². The van der Waals surface area contributed by atoms with Gasteiger partial charge in [-0.3, -0.25) is 14.9 Å². The fourth-order valence-electron chi connectivity index (χ4n) is 2.93. The summed E-state index contributed by atoms with van der Waals surface area (Å²) < 4.78 is 23.8. The van der Waals surface area contributed by atoms with Gasteiger partial charge in [0.2, 0.25) is 10.0 Å². The monoisotopic (exact) mass is 566 g/mol. The van der Waals surface area contributed by atoms with Gasteiger partial charge in [-0.25, -0.2) is 13.6 Å². The number of nitro benzene ring substituents is 1. The van der Waals surface area contributed by atoms with E-state index in [-0.39, 0.29) is 22.7 Å². The van der Waals surface area contributed by atoms with Gasteiger partial charge in [-0.15, -0.1) is 0 Å². The molecule has 0 atom stereocenters. The Labute approximate surface area is 198 Å². The number of nitrogens with zero attached hydrogens (tertiary/aromatic N) is 1. The quantitative estimate of drug-likeness (QED) is 0.225. The smallest absolute Gasteiger partial charge is 0.270 e. The van der Waals surface area contributed by atoms with Crippen molar-refractivity contribution < 1.29 is 18.1 Å². The van der Waals surface area contributed by atoms with Crippen LogP contribution in [0.25, 0.3) is 0 Å². The van der Waals surface area contributed by atoms with Crippen LogP contribution in [0.15, 0.2) is 65.6 Å². The molecule has 3 aromatic rings. The molecule has 0 aliphatic carbocycles. The predicted octanol–water partition coefficient (Wildman–Crippen LogP) is 3.83. The highest BCUT2D eigenvalue weighted by Gasteiger charge is 2.18. The van der Waals surface area contributed by atoms with Crippen molar-refractivity contribution in [2.75, 3.05) is 5.32 Å². The van der Waals surface area contributed by atoms with Crippen LogP contribution < -0.4 is 15.8 Å². The molecule has 0 unspecified atom stereocenters. The molecule has 0 saturated carbocycles. The molecule has 11 heteroatoms. The van der Waals surface area contributed by atoms with E-state index in [1.165, 1.54) is 42.5 Å². The Hall–Kier alpha value is -3.03. The van der Waals surface area contributed by atoms with Crippen LogP contribution in [0.2, 0.25) is 0 Å². The molecule has 9 nitrogen and oxygen atoms in total. The SMILES string of the molecule is Cc1cc(I)ccc1Nc1ccc([N+](=O)[O-])cc1C(=O)NCc1ccc(S(N)(=O)=O)cc1. The summed E-state index contributed by atoms with van der Waals surface area (Å²) in [7, 11) is -3.81. The summed E-state index contributed by atoms with van der Waals surface area (Å²) in [6.07, 6.45) is 0. The fourth-order valence-corrected chi connectivity index (χ4v) is 4.09. The molecule has 0 aromatic heterocycles. The molecule has 3 aromatic carbocycles. The van der Waals surface area contributed by atoms with E-state index in [9.17, 15) is 23.3 Å². The van der Waals surface area contributed by atoms with E-state index in [0.717, 1.165) is 14.8 Å². The van der Waals surface area contributed by atoms with Gasteiger partial charge >= 0.3 is 0 Å². The molecule has 1 amide bonds. The molecular weight excluding hydrogens is 547 g/mol. The summed E-state index contributed by atoms with van der Waals surface area (Å²) in [6.45, 7) is 2.01. The molecule has 0 radical (unpaired) electrons. The number of nitro groups is 1. The van der Waals surface area contributed by atoms with Crippen LogP contribution >= 0.6 is 22.6 Å². The standard InChI is InChI=1S/C21H19IN4O5S/c1-13-10-15(22)4-8-19(13)25-20-9-5-16(26(28)29)11-18(20)21(27)24-12-14-2-6-17(7-3-14)32(23,30)31/h2-11,25H,12H2,1H3,(H,24,27)(H2,23,30,31). The fraction of sp³-hybridized carbons (Fsp3) is 0.0952. The maximum absolute atomic E-state index is 12.9. The first-order valence-electron chi connectivity index (χ1n) is 9.26. The number of primary sulfonamides is 1. The minimum absolute atomic E-state index is 0.0364. The average molecular weight is 566 g/mol. The van der Waals surface area contributed by atoms with E-state index in [4.69, 9.17) is 5.14 Å². The number of sulfonamides is 1. The zero-order chi connectivity index (χ0) is 23.5. The molecule has 0 heterocycles. The van der Waals surface area contributed by atoms with Crippen molar-refractivity contribution in [3.63, 3.8) is 0 Å². The highest BCUT2D eigenvalue weighted by atomic mass is 127. The maximum atomic E-state index is 12.9. The second-order valence-electron chi connectivity index (χ2n) is 6.94. The number of benzene rings is 3. The van der Waals surface area contributed by atoms with Crippen molar-refractivity contribution in [2.45, 2.75) is 18.4 Å². The van der Waals surface area contributed by atoms with Gasteiger partial charge in [0.25, 0.3) is 11.6 Å². The van der Waals surface area contributed by atoms with Crippen LogP contribution in [0.4, 0.5) is 17.1 Å². The lowest BCUT2D eigenvalue weighted by Gasteiger charge is -2.14. The molecule has 0 bridgehead atoms. The van der Waals surface area contributed by atoms with Crippen LogP contribution in [0.1, 0.15) is 21.5 Å². The first-order valence-corrected chi connectivity index (χ1v) is 11.9. The van der Waals surface area contributed by atoms with Crippen LogP contribution in [-0.2, 0) is 16.6 Å². The van der Waals surface area contributed by atoms with Crippen molar-refractivity contribution in [3.05, 3.63) is 91.0 Å². The Morgan fingerprint density at radius 3 is 2.31 bits per heavy atom. The van der Waals surface area contributed by atoms with Crippen molar-refractivity contribution in [1.82, 2.24) is 5.32 Å². The number of non-ortho nitro benzene ring substituents is 1. The number of hydrogen-bond donors (Lipinski definition) is 3. The van der Waals surface area contributed by atoms with E-state index >= 15 is 0 Å². The molecule has 0 spiro atoms. The summed E-state index contributed by atoms with van der Waals surface area (Å²) in [5.41, 5.74) is 2.68. The molecule has 0 aliphatic heterocycles. The number of rotatable bonds is 7. The highest BCUT2D eigenvalue weighted by Crippen LogP contribution is 2.28. The third-order valence-corrected chi connectivity index (χ3v) is 6.22. The van der Waals surface area contributed by atoms with Crippen LogP contribution in [0.5, 0.6) is 0 Å². The largest absolute Gasteiger partial charge is 0.355 e. The van der Waals surface area contributed by atoms with Crippen molar-refractivity contribution >= 4 is 55.6 Å². The Bertz CT molecular complexity index is 1290. The molecule has 4 N–H and O–H groups in total. The molecule has 0 aliphatic rings. The molecular formula is C21H19IN4O5S. The van der Waals surface area contributed by atoms with Gasteiger partial charge < -0.3 is 10.6 Å². The Morgan fingerprint density at radius 2 is 1.72 bits per heavy atom. The lowest BCUT2D eigenvalue weighted by atomic mass is 10.1. The van der Waals surface area contributed by atoms with E-state index in [0.29, 0.717) is 11.3 Å². The first-order chi connectivity index (χ1) is 15.0. The Kier molecular flexibility index (Phi) is 7.11. The third-order valence-electron chi connectivity index (χ3n) is 4.62. The second kappa shape index (κ2) is 9.63. The minimum Gasteiger partial charge on any atom is -0.355 e. The topological polar surface area (TPSA) is 144 Å². The van der Waals surface area contributed by atoms with Crippen LogP contribution in [-0.4, -0.2) is 19.2 Å². The van der Waals surface area contributed by atoms with Gasteiger partial charge in [0.05, 0.1) is 21.1 Å². The summed E-state index contributed by atoms with van der Waals surface area (Å²) in [6, 6.07) is 15.5. The number of nitrogens with one attached hydrogen (secondary N) is 2. The number of anilines is 2. The number of aryl methyl sites for hydroxylation is 1. The number of carbonyl (C=O) groups excluding carboxylic acids is 1. The summed E-state index contributed by atoms with van der Waals surface area (Å²) >= 11 is 2.20. The highest BCUT2D eigenvalue weighted by molar-refractivity contribution is 14.1. The predicted molar refractivity (Wildman–Crippen MR) is 129 cm³/mol.